The lowest BCUT2D eigenvalue weighted by atomic mass is 10.2. The van der Waals surface area contributed by atoms with E-state index in [1.54, 1.807) is 6.07 Å². The molecule has 1 saturated heterocycles. The Hall–Kier alpha value is -2.04. The third-order valence-electron chi connectivity index (χ3n) is 3.26. The van der Waals surface area contributed by atoms with E-state index in [-0.39, 0.29) is 15.7 Å². The Labute approximate surface area is 135 Å². The van der Waals surface area contributed by atoms with Crippen LogP contribution in [0.2, 0.25) is 0 Å². The van der Waals surface area contributed by atoms with Crippen LogP contribution in [0.5, 0.6) is 0 Å². The largest absolute Gasteiger partial charge is 0.378 e. The van der Waals surface area contributed by atoms with E-state index in [2.05, 4.69) is 10.3 Å². The molecule has 8 nitrogen and oxygen atoms in total. The molecule has 0 bridgehead atoms. The highest BCUT2D eigenvalue weighted by atomic mass is 32.1. The number of nitro groups is 1. The number of nitrogens with one attached hydrogen (secondary N) is 1. The van der Waals surface area contributed by atoms with Crippen molar-refractivity contribution < 1.29 is 9.66 Å². The minimum atomic E-state index is -0.385. The summed E-state index contributed by atoms with van der Waals surface area (Å²) in [6.07, 6.45) is 0. The van der Waals surface area contributed by atoms with E-state index in [9.17, 15) is 10.1 Å². The third-order valence-corrected chi connectivity index (χ3v) is 4.30. The van der Waals surface area contributed by atoms with Gasteiger partial charge in [-0.1, -0.05) is 11.3 Å². The van der Waals surface area contributed by atoms with Gasteiger partial charge in [0.25, 0.3) is 5.69 Å². The second-order valence-corrected chi connectivity index (χ2v) is 6.14. The molecule has 3 N–H and O–H groups in total. The summed E-state index contributed by atoms with van der Waals surface area (Å²) in [5.41, 5.74) is 6.61. The molecule has 2 heterocycles. The number of thiocarbonyl (C=S) groups is 1. The van der Waals surface area contributed by atoms with Crippen LogP contribution in [0.1, 0.15) is 0 Å². The maximum absolute atomic E-state index is 11.4. The average molecular weight is 339 g/mol. The number of nitrogens with zero attached hydrogens (tertiary/aromatic N) is 3. The van der Waals surface area contributed by atoms with Crippen molar-refractivity contribution in [1.82, 2.24) is 4.98 Å². The molecular weight excluding hydrogens is 326 g/mol. The number of hydrogen-bond acceptors (Lipinski definition) is 7. The van der Waals surface area contributed by atoms with E-state index in [1.807, 2.05) is 4.90 Å². The molecule has 0 atom stereocenters. The average Bonchev–Trinajstić information content (AvgIpc) is 2.87. The zero-order valence-corrected chi connectivity index (χ0v) is 13.1. The molecule has 1 aliphatic rings. The zero-order valence-electron chi connectivity index (χ0n) is 11.4. The van der Waals surface area contributed by atoms with Crippen molar-refractivity contribution in [2.75, 3.05) is 36.5 Å². The van der Waals surface area contributed by atoms with Gasteiger partial charge < -0.3 is 20.7 Å². The van der Waals surface area contributed by atoms with Crippen LogP contribution in [0.3, 0.4) is 0 Å². The van der Waals surface area contributed by atoms with Gasteiger partial charge in [-0.15, -0.1) is 0 Å². The van der Waals surface area contributed by atoms with Gasteiger partial charge in [-0.25, -0.2) is 4.98 Å². The van der Waals surface area contributed by atoms with Crippen molar-refractivity contribution in [1.29, 1.82) is 0 Å². The van der Waals surface area contributed by atoms with Gasteiger partial charge in [0.05, 0.1) is 28.4 Å². The summed E-state index contributed by atoms with van der Waals surface area (Å²) >= 11 is 6.13. The second-order valence-electron chi connectivity index (χ2n) is 4.67. The van der Waals surface area contributed by atoms with Crippen molar-refractivity contribution in [3.8, 4) is 0 Å². The molecule has 22 heavy (non-hydrogen) atoms. The molecule has 0 aliphatic carbocycles. The highest BCUT2D eigenvalue weighted by Gasteiger charge is 2.23. The van der Waals surface area contributed by atoms with Crippen LogP contribution in [0.4, 0.5) is 16.5 Å². The smallest absolute Gasteiger partial charge is 0.294 e. The van der Waals surface area contributed by atoms with Crippen LogP contribution >= 0.6 is 23.6 Å². The first-order valence-corrected chi connectivity index (χ1v) is 7.75. The fourth-order valence-electron chi connectivity index (χ4n) is 2.31. The number of nitrogens with two attached hydrogens (primary N) is 1. The lowest BCUT2D eigenvalue weighted by Gasteiger charge is -2.28. The number of fused-ring (bicyclic) bond motifs is 1. The van der Waals surface area contributed by atoms with Gasteiger partial charge in [0.2, 0.25) is 0 Å². The quantitative estimate of drug-likeness (QED) is 0.494. The zero-order chi connectivity index (χ0) is 15.7. The van der Waals surface area contributed by atoms with E-state index in [0.29, 0.717) is 42.6 Å². The first-order chi connectivity index (χ1) is 10.5. The maximum Gasteiger partial charge on any atom is 0.294 e. The SMILES string of the molecule is NC(=S)Nc1nc2cc([N+](=O)[O-])c(N3CCOCC3)cc2s1. The van der Waals surface area contributed by atoms with Gasteiger partial charge in [0.1, 0.15) is 5.69 Å². The lowest BCUT2D eigenvalue weighted by Crippen LogP contribution is -2.36. The second kappa shape index (κ2) is 5.99. The predicted octanol–water partition coefficient (Wildman–Crippen LogP) is 1.70. The summed E-state index contributed by atoms with van der Waals surface area (Å²) < 4.78 is 6.14. The molecule has 0 unspecified atom stereocenters. The van der Waals surface area contributed by atoms with Crippen LogP contribution in [0.15, 0.2) is 12.1 Å². The molecule has 1 fully saturated rings. The van der Waals surface area contributed by atoms with Gasteiger partial charge >= 0.3 is 0 Å². The highest BCUT2D eigenvalue weighted by Crippen LogP contribution is 2.37. The lowest BCUT2D eigenvalue weighted by molar-refractivity contribution is -0.384. The minimum absolute atomic E-state index is 0.0431. The minimum Gasteiger partial charge on any atom is -0.378 e. The fourth-order valence-corrected chi connectivity index (χ4v) is 3.37. The Morgan fingerprint density at radius 1 is 1.50 bits per heavy atom. The maximum atomic E-state index is 11.4. The highest BCUT2D eigenvalue weighted by molar-refractivity contribution is 7.80. The van der Waals surface area contributed by atoms with E-state index >= 15 is 0 Å². The molecule has 0 amide bonds. The summed E-state index contributed by atoms with van der Waals surface area (Å²) in [5.74, 6) is 0. The van der Waals surface area contributed by atoms with Gasteiger partial charge in [-0.2, -0.15) is 0 Å². The van der Waals surface area contributed by atoms with E-state index in [0.717, 1.165) is 4.70 Å². The number of morpholine rings is 1. The molecule has 1 aromatic carbocycles. The first-order valence-electron chi connectivity index (χ1n) is 6.53. The van der Waals surface area contributed by atoms with Gasteiger partial charge in [0, 0.05) is 19.2 Å². The van der Waals surface area contributed by atoms with Crippen molar-refractivity contribution in [3.05, 3.63) is 22.2 Å². The Balaban J connectivity index is 2.06. The Morgan fingerprint density at radius 3 is 2.86 bits per heavy atom. The normalized spacial score (nSPS) is 15.0. The standard InChI is InChI=1S/C12H13N5O3S2/c13-11(21)15-12-14-7-5-9(17(18)19)8(6-10(7)22-12)16-1-3-20-4-2-16/h5-6H,1-4H2,(H3,13,14,15,21). The Bertz CT molecular complexity index is 742. The van der Waals surface area contributed by atoms with Crippen LogP contribution < -0.4 is 16.0 Å². The molecule has 0 saturated carbocycles. The van der Waals surface area contributed by atoms with Gasteiger partial charge in [0.15, 0.2) is 10.2 Å². The van der Waals surface area contributed by atoms with Crippen molar-refractivity contribution >= 4 is 55.4 Å². The van der Waals surface area contributed by atoms with Crippen LogP contribution in [-0.4, -0.2) is 41.3 Å². The Morgan fingerprint density at radius 2 is 2.23 bits per heavy atom. The van der Waals surface area contributed by atoms with Gasteiger partial charge in [-0.05, 0) is 18.3 Å². The van der Waals surface area contributed by atoms with Crippen LogP contribution in [0.25, 0.3) is 10.2 Å². The first kappa shape index (κ1) is 14.9. The van der Waals surface area contributed by atoms with Crippen molar-refractivity contribution in [2.24, 2.45) is 5.73 Å². The number of hydrogen-bond donors (Lipinski definition) is 2. The molecule has 2 aromatic rings. The number of ether oxygens (including phenoxy) is 1. The van der Waals surface area contributed by atoms with Crippen molar-refractivity contribution in [3.63, 3.8) is 0 Å². The number of rotatable bonds is 3. The molecule has 1 aromatic heterocycles. The van der Waals surface area contributed by atoms with Crippen LogP contribution in [0, 0.1) is 10.1 Å². The predicted molar refractivity (Wildman–Crippen MR) is 89.7 cm³/mol. The summed E-state index contributed by atoms with van der Waals surface area (Å²) in [4.78, 5) is 17.2. The van der Waals surface area contributed by atoms with Crippen molar-refractivity contribution in [2.45, 2.75) is 0 Å². The molecule has 1 aliphatic heterocycles. The molecule has 0 radical (unpaired) electrons. The number of thiazole rings is 1. The number of aromatic nitrogens is 1. The topological polar surface area (TPSA) is 107 Å². The van der Waals surface area contributed by atoms with Crippen LogP contribution in [-0.2, 0) is 4.74 Å². The fraction of sp³-hybridized carbons (Fsp3) is 0.333. The molecular formula is C12H13N5O3S2. The summed E-state index contributed by atoms with van der Waals surface area (Å²) in [5, 5.41) is 14.8. The Kier molecular flexibility index (Phi) is 4.05. The summed E-state index contributed by atoms with van der Waals surface area (Å²) in [6.45, 7) is 2.38. The van der Waals surface area contributed by atoms with E-state index in [4.69, 9.17) is 22.7 Å². The van der Waals surface area contributed by atoms with E-state index < -0.39 is 0 Å². The van der Waals surface area contributed by atoms with Gasteiger partial charge in [-0.3, -0.25) is 10.1 Å². The summed E-state index contributed by atoms with van der Waals surface area (Å²) in [6, 6.07) is 3.28. The third kappa shape index (κ3) is 2.93. The molecule has 3 rings (SSSR count). The molecule has 116 valence electrons. The number of benzene rings is 1. The number of anilines is 2. The summed E-state index contributed by atoms with van der Waals surface area (Å²) in [7, 11) is 0. The van der Waals surface area contributed by atoms with E-state index in [1.165, 1.54) is 17.4 Å². The monoisotopic (exact) mass is 339 g/mol. The molecule has 10 heteroatoms. The number of nitro benzene ring substituents is 1. The molecule has 0 spiro atoms.